The average molecular weight is 314 g/mol. The van der Waals surface area contributed by atoms with Gasteiger partial charge in [0.1, 0.15) is 11.3 Å². The van der Waals surface area contributed by atoms with Crippen LogP contribution in [0.4, 0.5) is 0 Å². The van der Waals surface area contributed by atoms with Crippen LogP contribution in [-0.2, 0) is 16.1 Å². The first-order valence-electron chi connectivity index (χ1n) is 7.75. The highest BCUT2D eigenvalue weighted by molar-refractivity contribution is 5.92. The highest BCUT2D eigenvalue weighted by Crippen LogP contribution is 2.14. The van der Waals surface area contributed by atoms with Crippen molar-refractivity contribution in [3.63, 3.8) is 0 Å². The number of ether oxygens (including phenoxy) is 2. The second-order valence-electron chi connectivity index (χ2n) is 5.13. The summed E-state index contributed by atoms with van der Waals surface area (Å²) in [6, 6.07) is 11.8. The number of carbonyl (C=O) groups excluding carboxylic acids is 1. The molecule has 1 aromatic heterocycles. The van der Waals surface area contributed by atoms with E-state index in [1.807, 2.05) is 30.4 Å². The maximum absolute atomic E-state index is 11.5. The lowest BCUT2D eigenvalue weighted by Gasteiger charge is -2.03. The third-order valence-corrected chi connectivity index (χ3v) is 3.39. The molecule has 0 aliphatic rings. The topological polar surface area (TPSA) is 48.7 Å². The summed E-state index contributed by atoms with van der Waals surface area (Å²) in [5.74, 6) is 0.157. The molecule has 1 heterocycles. The molecule has 2 rings (SSSR count). The third kappa shape index (κ3) is 5.75. The van der Waals surface area contributed by atoms with Crippen molar-refractivity contribution >= 4 is 12.0 Å². The summed E-state index contributed by atoms with van der Waals surface area (Å²) in [5, 5.41) is 0. The summed E-state index contributed by atoms with van der Waals surface area (Å²) in [5.41, 5.74) is 1.65. The molecule has 122 valence electrons. The van der Waals surface area contributed by atoms with E-state index >= 15 is 0 Å². The second-order valence-corrected chi connectivity index (χ2v) is 5.13. The zero-order valence-corrected chi connectivity index (χ0v) is 13.4. The maximum Gasteiger partial charge on any atom is 0.341 e. The van der Waals surface area contributed by atoms with Gasteiger partial charge in [0, 0.05) is 6.61 Å². The minimum absolute atomic E-state index is 0.382. The number of allylic oxidation sites excluding steroid dienone is 1. The second kappa shape index (κ2) is 9.64. The van der Waals surface area contributed by atoms with Gasteiger partial charge in [-0.15, -0.1) is 0 Å². The van der Waals surface area contributed by atoms with Crippen LogP contribution in [0.15, 0.2) is 53.2 Å². The van der Waals surface area contributed by atoms with Crippen molar-refractivity contribution in [3.8, 4) is 0 Å². The van der Waals surface area contributed by atoms with E-state index in [2.05, 4.69) is 12.1 Å². The first-order chi connectivity index (χ1) is 11.3. The van der Waals surface area contributed by atoms with E-state index in [1.165, 1.54) is 18.9 Å². The van der Waals surface area contributed by atoms with E-state index in [0.29, 0.717) is 17.9 Å². The van der Waals surface area contributed by atoms with E-state index in [0.717, 1.165) is 25.9 Å². The number of esters is 1. The van der Waals surface area contributed by atoms with Crippen molar-refractivity contribution in [1.29, 1.82) is 0 Å². The Hall–Kier alpha value is -2.33. The Morgan fingerprint density at radius 3 is 2.78 bits per heavy atom. The van der Waals surface area contributed by atoms with Crippen LogP contribution in [0.1, 0.15) is 40.9 Å². The number of furan rings is 1. The molecule has 0 spiro atoms. The number of methoxy groups -OCH3 is 1. The molecule has 4 heteroatoms. The molecule has 1 aromatic carbocycles. The molecule has 0 saturated carbocycles. The predicted molar refractivity (Wildman–Crippen MR) is 89.0 cm³/mol. The normalized spacial score (nSPS) is 11.0. The molecule has 0 aliphatic heterocycles. The number of rotatable bonds is 9. The molecule has 23 heavy (non-hydrogen) atoms. The number of carbonyl (C=O) groups is 1. The number of hydrogen-bond acceptors (Lipinski definition) is 4. The lowest BCUT2D eigenvalue weighted by molar-refractivity contribution is 0.0599. The van der Waals surface area contributed by atoms with Crippen LogP contribution in [0.2, 0.25) is 0 Å². The van der Waals surface area contributed by atoms with Crippen molar-refractivity contribution in [2.45, 2.75) is 25.9 Å². The van der Waals surface area contributed by atoms with Gasteiger partial charge in [-0.2, -0.15) is 0 Å². The Morgan fingerprint density at radius 1 is 1.17 bits per heavy atom. The molecule has 0 atom stereocenters. The van der Waals surface area contributed by atoms with Gasteiger partial charge in [0.15, 0.2) is 0 Å². The Balaban J connectivity index is 1.60. The van der Waals surface area contributed by atoms with Crippen molar-refractivity contribution in [2.24, 2.45) is 0 Å². The van der Waals surface area contributed by atoms with E-state index in [9.17, 15) is 4.79 Å². The first-order valence-corrected chi connectivity index (χ1v) is 7.75. The van der Waals surface area contributed by atoms with Crippen LogP contribution in [0, 0.1) is 0 Å². The standard InChI is InChI=1S/C19H22O4/c1-21-19(20)17-12-14-23-18(17)11-7-2-3-8-13-22-15-16-9-5-4-6-10-16/h4-7,9-12,14H,2-3,8,13,15H2,1H3/b11-7+. The van der Waals surface area contributed by atoms with Gasteiger partial charge >= 0.3 is 5.97 Å². The number of hydrogen-bond donors (Lipinski definition) is 0. The van der Waals surface area contributed by atoms with Gasteiger partial charge in [-0.25, -0.2) is 4.79 Å². The van der Waals surface area contributed by atoms with Crippen LogP contribution < -0.4 is 0 Å². The van der Waals surface area contributed by atoms with Gasteiger partial charge in [-0.3, -0.25) is 0 Å². The molecule has 2 aromatic rings. The molecule has 0 fully saturated rings. The number of unbranched alkanes of at least 4 members (excludes halogenated alkanes) is 2. The summed E-state index contributed by atoms with van der Waals surface area (Å²) in [7, 11) is 1.36. The summed E-state index contributed by atoms with van der Waals surface area (Å²) in [4.78, 5) is 11.5. The largest absolute Gasteiger partial charge is 0.465 e. The minimum atomic E-state index is -0.382. The van der Waals surface area contributed by atoms with Gasteiger partial charge in [0.05, 0.1) is 20.0 Å². The van der Waals surface area contributed by atoms with E-state index < -0.39 is 0 Å². The lowest BCUT2D eigenvalue weighted by Crippen LogP contribution is -2.00. The van der Waals surface area contributed by atoms with Gasteiger partial charge in [0.2, 0.25) is 0 Å². The van der Waals surface area contributed by atoms with Gasteiger partial charge in [-0.1, -0.05) is 36.4 Å². The molecule has 0 aliphatic carbocycles. The quantitative estimate of drug-likeness (QED) is 0.506. The zero-order valence-electron chi connectivity index (χ0n) is 13.4. The molecular weight excluding hydrogens is 292 g/mol. The molecule has 0 saturated heterocycles. The molecule has 0 N–H and O–H groups in total. The summed E-state index contributed by atoms with van der Waals surface area (Å²) >= 11 is 0. The molecular formula is C19H22O4. The Morgan fingerprint density at radius 2 is 2.00 bits per heavy atom. The first kappa shape index (κ1) is 17.0. The van der Waals surface area contributed by atoms with Crippen molar-refractivity contribution in [3.05, 3.63) is 65.6 Å². The van der Waals surface area contributed by atoms with E-state index in [-0.39, 0.29) is 5.97 Å². The Kier molecular flexibility index (Phi) is 7.14. The minimum Gasteiger partial charge on any atom is -0.465 e. The van der Waals surface area contributed by atoms with E-state index in [4.69, 9.17) is 13.9 Å². The van der Waals surface area contributed by atoms with E-state index in [1.54, 1.807) is 6.07 Å². The van der Waals surface area contributed by atoms with Crippen molar-refractivity contribution in [1.82, 2.24) is 0 Å². The molecule has 0 amide bonds. The highest BCUT2D eigenvalue weighted by atomic mass is 16.5. The van der Waals surface area contributed by atoms with Crippen molar-refractivity contribution < 1.29 is 18.7 Å². The maximum atomic E-state index is 11.5. The fourth-order valence-electron chi connectivity index (χ4n) is 2.15. The average Bonchev–Trinajstić information content (AvgIpc) is 3.06. The van der Waals surface area contributed by atoms with Crippen molar-refractivity contribution in [2.75, 3.05) is 13.7 Å². The monoisotopic (exact) mass is 314 g/mol. The third-order valence-electron chi connectivity index (χ3n) is 3.39. The lowest BCUT2D eigenvalue weighted by atomic mass is 10.2. The smallest absolute Gasteiger partial charge is 0.341 e. The zero-order chi connectivity index (χ0) is 16.3. The van der Waals surface area contributed by atoms with Crippen LogP contribution in [0.3, 0.4) is 0 Å². The van der Waals surface area contributed by atoms with Gasteiger partial charge in [0.25, 0.3) is 0 Å². The Bertz CT molecular complexity index is 613. The fourth-order valence-corrected chi connectivity index (χ4v) is 2.15. The van der Waals surface area contributed by atoms with Crippen LogP contribution in [0.5, 0.6) is 0 Å². The Labute approximate surface area is 136 Å². The summed E-state index contributed by atoms with van der Waals surface area (Å²) in [6.07, 6.45) is 8.25. The predicted octanol–water partition coefficient (Wildman–Crippen LogP) is 4.47. The summed E-state index contributed by atoms with van der Waals surface area (Å²) < 4.78 is 15.6. The van der Waals surface area contributed by atoms with Crippen LogP contribution in [-0.4, -0.2) is 19.7 Å². The molecule has 0 unspecified atom stereocenters. The van der Waals surface area contributed by atoms with Crippen LogP contribution in [0.25, 0.3) is 6.08 Å². The summed E-state index contributed by atoms with van der Waals surface area (Å²) in [6.45, 7) is 1.41. The number of benzene rings is 1. The van der Waals surface area contributed by atoms with Crippen LogP contribution >= 0.6 is 0 Å². The highest BCUT2D eigenvalue weighted by Gasteiger charge is 2.12. The molecule has 0 bridgehead atoms. The fraction of sp³-hybridized carbons (Fsp3) is 0.316. The molecule has 4 nitrogen and oxygen atoms in total. The SMILES string of the molecule is COC(=O)c1ccoc1/C=C/CCCCOCc1ccccc1. The molecule has 0 radical (unpaired) electrons. The van der Waals surface area contributed by atoms with Gasteiger partial charge < -0.3 is 13.9 Å². The van der Waals surface area contributed by atoms with Gasteiger partial charge in [-0.05, 0) is 37.0 Å².